The maximum atomic E-state index is 4.49. The molecule has 0 amide bonds. The van der Waals surface area contributed by atoms with E-state index in [4.69, 9.17) is 0 Å². The summed E-state index contributed by atoms with van der Waals surface area (Å²) in [6.45, 7) is 4.01. The zero-order valence-corrected chi connectivity index (χ0v) is 10.5. The third-order valence-corrected chi connectivity index (χ3v) is 2.94. The molecule has 3 rings (SSSR count). The van der Waals surface area contributed by atoms with Gasteiger partial charge in [-0.1, -0.05) is 19.1 Å². The fraction of sp³-hybridized carbons (Fsp3) is 0.214. The molecule has 90 valence electrons. The van der Waals surface area contributed by atoms with Crippen molar-refractivity contribution in [1.82, 2.24) is 19.5 Å². The molecule has 18 heavy (non-hydrogen) atoms. The number of imidazole rings is 1. The van der Waals surface area contributed by atoms with Crippen molar-refractivity contribution in [2.24, 2.45) is 0 Å². The number of rotatable bonds is 2. The predicted octanol–water partition coefficient (Wildman–Crippen LogP) is 2.69. The van der Waals surface area contributed by atoms with Gasteiger partial charge in [-0.3, -0.25) is 4.57 Å². The molecule has 3 aromatic rings. The van der Waals surface area contributed by atoms with Gasteiger partial charge in [-0.15, -0.1) is 0 Å². The van der Waals surface area contributed by atoms with Crippen molar-refractivity contribution >= 4 is 11.0 Å². The highest BCUT2D eigenvalue weighted by molar-refractivity contribution is 5.76. The first-order valence-corrected chi connectivity index (χ1v) is 6.05. The van der Waals surface area contributed by atoms with Gasteiger partial charge in [-0.2, -0.15) is 0 Å². The number of nitrogens with zero attached hydrogens (tertiary/aromatic N) is 4. The van der Waals surface area contributed by atoms with Crippen LogP contribution in [0.2, 0.25) is 0 Å². The molecule has 0 radical (unpaired) electrons. The molecule has 0 fully saturated rings. The Morgan fingerprint density at radius 3 is 2.83 bits per heavy atom. The zero-order chi connectivity index (χ0) is 12.5. The van der Waals surface area contributed by atoms with Crippen LogP contribution in [0.4, 0.5) is 0 Å². The highest BCUT2D eigenvalue weighted by atomic mass is 15.1. The average Bonchev–Trinajstić information content (AvgIpc) is 2.81. The van der Waals surface area contributed by atoms with Crippen LogP contribution in [0.5, 0.6) is 0 Å². The van der Waals surface area contributed by atoms with E-state index in [2.05, 4.69) is 21.9 Å². The third-order valence-electron chi connectivity index (χ3n) is 2.94. The first kappa shape index (κ1) is 10.9. The molecule has 0 saturated carbocycles. The molecule has 0 bridgehead atoms. The predicted molar refractivity (Wildman–Crippen MR) is 70.8 cm³/mol. The average molecular weight is 238 g/mol. The topological polar surface area (TPSA) is 43.6 Å². The molecular weight excluding hydrogens is 224 g/mol. The van der Waals surface area contributed by atoms with E-state index in [0.29, 0.717) is 0 Å². The Morgan fingerprint density at radius 1 is 1.17 bits per heavy atom. The second-order valence-electron chi connectivity index (χ2n) is 4.22. The zero-order valence-electron chi connectivity index (χ0n) is 10.5. The number of aryl methyl sites for hydroxylation is 2. The SMILES string of the molecule is CCc1cc(-n2cnc3ccccc32)nc(C)n1. The highest BCUT2D eigenvalue weighted by Crippen LogP contribution is 2.17. The second-order valence-corrected chi connectivity index (χ2v) is 4.22. The molecule has 0 N–H and O–H groups in total. The maximum Gasteiger partial charge on any atom is 0.142 e. The summed E-state index contributed by atoms with van der Waals surface area (Å²) in [5, 5.41) is 0. The van der Waals surface area contributed by atoms with Crippen LogP contribution in [-0.2, 0) is 6.42 Å². The summed E-state index contributed by atoms with van der Waals surface area (Å²) in [7, 11) is 0. The standard InChI is InChI=1S/C14H14N4/c1-3-11-8-14(17-10(2)16-11)18-9-15-12-6-4-5-7-13(12)18/h4-9H,3H2,1-2H3. The minimum Gasteiger partial charge on any atom is -0.283 e. The number of aromatic nitrogens is 4. The Morgan fingerprint density at radius 2 is 2.00 bits per heavy atom. The molecule has 4 nitrogen and oxygen atoms in total. The first-order valence-electron chi connectivity index (χ1n) is 6.05. The minimum atomic E-state index is 0.794. The van der Waals surface area contributed by atoms with E-state index in [1.807, 2.05) is 48.1 Å². The van der Waals surface area contributed by atoms with E-state index >= 15 is 0 Å². The molecule has 0 aliphatic heterocycles. The van der Waals surface area contributed by atoms with Crippen LogP contribution in [0.3, 0.4) is 0 Å². The van der Waals surface area contributed by atoms with Gasteiger partial charge in [0.2, 0.25) is 0 Å². The van der Waals surface area contributed by atoms with Gasteiger partial charge >= 0.3 is 0 Å². The first-order chi connectivity index (χ1) is 8.78. The highest BCUT2D eigenvalue weighted by Gasteiger charge is 2.07. The lowest BCUT2D eigenvalue weighted by molar-refractivity contribution is 0.902. The van der Waals surface area contributed by atoms with E-state index in [1.54, 1.807) is 0 Å². The van der Waals surface area contributed by atoms with Crippen molar-refractivity contribution in [1.29, 1.82) is 0 Å². The molecular formula is C14H14N4. The van der Waals surface area contributed by atoms with E-state index in [-0.39, 0.29) is 0 Å². The van der Waals surface area contributed by atoms with Gasteiger partial charge in [-0.05, 0) is 25.5 Å². The van der Waals surface area contributed by atoms with Crippen molar-refractivity contribution in [3.63, 3.8) is 0 Å². The van der Waals surface area contributed by atoms with Crippen LogP contribution in [0.25, 0.3) is 16.9 Å². The monoisotopic (exact) mass is 238 g/mol. The van der Waals surface area contributed by atoms with Crippen molar-refractivity contribution in [3.8, 4) is 5.82 Å². The molecule has 2 aromatic heterocycles. The van der Waals surface area contributed by atoms with Gasteiger partial charge in [0, 0.05) is 11.8 Å². The summed E-state index contributed by atoms with van der Waals surface area (Å²) in [5.41, 5.74) is 3.10. The van der Waals surface area contributed by atoms with Crippen LogP contribution in [0.15, 0.2) is 36.7 Å². The number of hydrogen-bond acceptors (Lipinski definition) is 3. The van der Waals surface area contributed by atoms with Crippen LogP contribution in [0.1, 0.15) is 18.4 Å². The van der Waals surface area contributed by atoms with E-state index in [1.165, 1.54) is 0 Å². The lowest BCUT2D eigenvalue weighted by Gasteiger charge is -2.06. The van der Waals surface area contributed by atoms with Gasteiger partial charge in [-0.25, -0.2) is 15.0 Å². The van der Waals surface area contributed by atoms with Gasteiger partial charge in [0.15, 0.2) is 0 Å². The van der Waals surface area contributed by atoms with Crippen molar-refractivity contribution in [2.45, 2.75) is 20.3 Å². The summed E-state index contributed by atoms with van der Waals surface area (Å²) < 4.78 is 2.00. The number of fused-ring (bicyclic) bond motifs is 1. The fourth-order valence-electron chi connectivity index (χ4n) is 2.06. The Balaban J connectivity index is 2.22. The second kappa shape index (κ2) is 4.22. The normalized spacial score (nSPS) is 11.0. The molecule has 0 saturated heterocycles. The molecule has 2 heterocycles. The summed E-state index contributed by atoms with van der Waals surface area (Å²) in [4.78, 5) is 13.3. The van der Waals surface area contributed by atoms with Gasteiger partial charge in [0.1, 0.15) is 18.0 Å². The Bertz CT molecular complexity index is 700. The lowest BCUT2D eigenvalue weighted by atomic mass is 10.3. The lowest BCUT2D eigenvalue weighted by Crippen LogP contribution is -2.02. The van der Waals surface area contributed by atoms with Crippen LogP contribution in [0, 0.1) is 6.92 Å². The summed E-state index contributed by atoms with van der Waals surface area (Å²) in [6, 6.07) is 10.1. The van der Waals surface area contributed by atoms with Crippen molar-refractivity contribution < 1.29 is 0 Å². The van der Waals surface area contributed by atoms with E-state index in [0.717, 1.165) is 34.8 Å². The van der Waals surface area contributed by atoms with Crippen molar-refractivity contribution in [2.75, 3.05) is 0 Å². The maximum absolute atomic E-state index is 4.49. The molecule has 0 aliphatic carbocycles. The molecule has 0 atom stereocenters. The molecule has 0 aliphatic rings. The molecule has 0 unspecified atom stereocenters. The number of para-hydroxylation sites is 2. The summed E-state index contributed by atoms with van der Waals surface area (Å²) >= 11 is 0. The Labute approximate surface area is 105 Å². The van der Waals surface area contributed by atoms with Gasteiger partial charge < -0.3 is 0 Å². The fourth-order valence-corrected chi connectivity index (χ4v) is 2.06. The smallest absolute Gasteiger partial charge is 0.142 e. The number of benzene rings is 1. The van der Waals surface area contributed by atoms with E-state index in [9.17, 15) is 0 Å². The molecule has 1 aromatic carbocycles. The minimum absolute atomic E-state index is 0.794. The van der Waals surface area contributed by atoms with E-state index < -0.39 is 0 Å². The van der Waals surface area contributed by atoms with Crippen LogP contribution >= 0.6 is 0 Å². The Hall–Kier alpha value is -2.23. The number of hydrogen-bond donors (Lipinski definition) is 0. The largest absolute Gasteiger partial charge is 0.283 e. The summed E-state index contributed by atoms with van der Waals surface area (Å²) in [5.74, 6) is 1.68. The molecule has 0 spiro atoms. The molecule has 4 heteroatoms. The van der Waals surface area contributed by atoms with Crippen LogP contribution in [-0.4, -0.2) is 19.5 Å². The van der Waals surface area contributed by atoms with Gasteiger partial charge in [0.25, 0.3) is 0 Å². The Kier molecular flexibility index (Phi) is 2.55. The van der Waals surface area contributed by atoms with Crippen molar-refractivity contribution in [3.05, 3.63) is 48.2 Å². The third kappa shape index (κ3) is 1.76. The summed E-state index contributed by atoms with van der Waals surface area (Å²) in [6.07, 6.45) is 2.72. The van der Waals surface area contributed by atoms with Gasteiger partial charge in [0.05, 0.1) is 11.0 Å². The quantitative estimate of drug-likeness (QED) is 0.689. The van der Waals surface area contributed by atoms with Crippen LogP contribution < -0.4 is 0 Å².